The second-order valence-electron chi connectivity index (χ2n) is 4.84. The van der Waals surface area contributed by atoms with E-state index in [0.717, 1.165) is 11.4 Å². The van der Waals surface area contributed by atoms with E-state index in [-0.39, 0.29) is 11.2 Å². The fourth-order valence-electron chi connectivity index (χ4n) is 2.00. The summed E-state index contributed by atoms with van der Waals surface area (Å²) in [6.45, 7) is 5.53. The first-order chi connectivity index (χ1) is 11.2. The molecule has 1 atom stereocenters. The number of aromatic nitrogens is 4. The van der Waals surface area contributed by atoms with Crippen LogP contribution in [0, 0.1) is 0 Å². The Balaban J connectivity index is 2.25. The van der Waals surface area contributed by atoms with Gasteiger partial charge >= 0.3 is 0 Å². The van der Waals surface area contributed by atoms with Gasteiger partial charge in [-0.15, -0.1) is 10.2 Å². The Labute approximate surface area is 139 Å². The zero-order valence-electron chi connectivity index (χ0n) is 13.5. The molecule has 1 N–H and O–H groups in total. The Hall–Kier alpha value is -1.93. The van der Waals surface area contributed by atoms with Gasteiger partial charge in [-0.25, -0.2) is 0 Å². The summed E-state index contributed by atoms with van der Waals surface area (Å²) in [7, 11) is 1.65. The molecular weight excluding hydrogens is 314 g/mol. The number of pyridine rings is 1. The van der Waals surface area contributed by atoms with E-state index in [1.54, 1.807) is 19.5 Å². The van der Waals surface area contributed by atoms with Crippen LogP contribution in [0.3, 0.4) is 0 Å². The zero-order chi connectivity index (χ0) is 16.7. The van der Waals surface area contributed by atoms with Crippen molar-refractivity contribution in [3.05, 3.63) is 24.5 Å². The number of carbonyl (C=O) groups excluding carboxylic acids is 1. The van der Waals surface area contributed by atoms with Crippen molar-refractivity contribution in [3.63, 3.8) is 0 Å². The number of rotatable bonds is 8. The average Bonchev–Trinajstić information content (AvgIpc) is 2.96. The maximum atomic E-state index is 11.9. The maximum Gasteiger partial charge on any atom is 0.233 e. The minimum atomic E-state index is -0.245. The lowest BCUT2D eigenvalue weighted by Crippen LogP contribution is -2.30. The van der Waals surface area contributed by atoms with Gasteiger partial charge in [-0.05, 0) is 26.0 Å². The predicted octanol–water partition coefficient (Wildman–Crippen LogP) is 1.60. The molecule has 2 rings (SSSR count). The number of thioether (sulfide) groups is 1. The van der Waals surface area contributed by atoms with Crippen molar-refractivity contribution >= 4 is 17.7 Å². The van der Waals surface area contributed by atoms with Gasteiger partial charge in [0.2, 0.25) is 5.91 Å². The molecule has 2 heterocycles. The fourth-order valence-corrected chi connectivity index (χ4v) is 2.90. The number of nitrogens with one attached hydrogen (secondary N) is 1. The summed E-state index contributed by atoms with van der Waals surface area (Å²) < 4.78 is 7.15. The lowest BCUT2D eigenvalue weighted by molar-refractivity contribution is -0.120. The van der Waals surface area contributed by atoms with Gasteiger partial charge in [-0.3, -0.25) is 14.3 Å². The lowest BCUT2D eigenvalue weighted by atomic mass is 10.2. The number of hydrogen-bond acceptors (Lipinski definition) is 6. The van der Waals surface area contributed by atoms with Gasteiger partial charge in [-0.2, -0.15) is 0 Å². The molecule has 0 aliphatic carbocycles. The third-order valence-electron chi connectivity index (χ3n) is 3.18. The van der Waals surface area contributed by atoms with Crippen LogP contribution in [-0.4, -0.2) is 51.2 Å². The summed E-state index contributed by atoms with van der Waals surface area (Å²) in [6, 6.07) is 3.77. The standard InChI is InChI=1S/C15H21N5O2S/c1-4-17-14(21)11(2)23-15-19-18-13(20(15)9-10-22-3)12-5-7-16-8-6-12/h5-8,11H,4,9-10H2,1-3H3,(H,17,21)/t11-/m0/s1. The highest BCUT2D eigenvalue weighted by Gasteiger charge is 2.20. The molecule has 0 aliphatic heterocycles. The zero-order valence-corrected chi connectivity index (χ0v) is 14.3. The number of amides is 1. The second-order valence-corrected chi connectivity index (χ2v) is 6.15. The van der Waals surface area contributed by atoms with E-state index in [0.29, 0.717) is 24.9 Å². The van der Waals surface area contributed by atoms with Gasteiger partial charge in [0.25, 0.3) is 0 Å². The van der Waals surface area contributed by atoms with Gasteiger partial charge in [0.05, 0.1) is 18.4 Å². The third kappa shape index (κ3) is 4.52. The highest BCUT2D eigenvalue weighted by Crippen LogP contribution is 2.26. The van der Waals surface area contributed by atoms with Crippen molar-refractivity contribution in [1.82, 2.24) is 25.1 Å². The molecule has 0 saturated carbocycles. The van der Waals surface area contributed by atoms with Crippen molar-refractivity contribution in [2.75, 3.05) is 20.3 Å². The van der Waals surface area contributed by atoms with Crippen LogP contribution >= 0.6 is 11.8 Å². The van der Waals surface area contributed by atoms with E-state index in [4.69, 9.17) is 4.74 Å². The van der Waals surface area contributed by atoms with Crippen molar-refractivity contribution in [2.45, 2.75) is 30.8 Å². The van der Waals surface area contributed by atoms with Crippen LogP contribution in [0.2, 0.25) is 0 Å². The van der Waals surface area contributed by atoms with E-state index in [9.17, 15) is 4.79 Å². The Morgan fingerprint density at radius 1 is 1.39 bits per heavy atom. The molecule has 7 nitrogen and oxygen atoms in total. The average molecular weight is 335 g/mol. The Bertz CT molecular complexity index is 632. The van der Waals surface area contributed by atoms with Crippen LogP contribution < -0.4 is 5.32 Å². The monoisotopic (exact) mass is 335 g/mol. The molecule has 2 aromatic heterocycles. The molecule has 8 heteroatoms. The molecule has 0 radical (unpaired) electrons. The van der Waals surface area contributed by atoms with Crippen molar-refractivity contribution in [3.8, 4) is 11.4 Å². The first-order valence-electron chi connectivity index (χ1n) is 7.44. The molecule has 2 aromatic rings. The minimum absolute atomic E-state index is 0.00995. The Kier molecular flexibility index (Phi) is 6.54. The first-order valence-corrected chi connectivity index (χ1v) is 8.32. The summed E-state index contributed by atoms with van der Waals surface area (Å²) in [6.07, 6.45) is 3.43. The van der Waals surface area contributed by atoms with Gasteiger partial charge in [-0.1, -0.05) is 11.8 Å². The highest BCUT2D eigenvalue weighted by molar-refractivity contribution is 8.00. The summed E-state index contributed by atoms with van der Waals surface area (Å²) in [5.41, 5.74) is 0.932. The topological polar surface area (TPSA) is 81.9 Å². The lowest BCUT2D eigenvalue weighted by Gasteiger charge is -2.13. The van der Waals surface area contributed by atoms with Crippen LogP contribution in [0.4, 0.5) is 0 Å². The number of ether oxygens (including phenoxy) is 1. The largest absolute Gasteiger partial charge is 0.383 e. The van der Waals surface area contributed by atoms with E-state index < -0.39 is 0 Å². The van der Waals surface area contributed by atoms with Gasteiger partial charge in [0.15, 0.2) is 11.0 Å². The van der Waals surface area contributed by atoms with Gasteiger partial charge in [0, 0.05) is 31.6 Å². The van der Waals surface area contributed by atoms with E-state index >= 15 is 0 Å². The van der Waals surface area contributed by atoms with Crippen LogP contribution in [0.15, 0.2) is 29.7 Å². The van der Waals surface area contributed by atoms with Crippen LogP contribution in [0.5, 0.6) is 0 Å². The molecule has 23 heavy (non-hydrogen) atoms. The molecule has 0 unspecified atom stereocenters. The molecule has 0 saturated heterocycles. The summed E-state index contributed by atoms with van der Waals surface area (Å²) in [4.78, 5) is 15.9. The molecule has 124 valence electrons. The quantitative estimate of drug-likeness (QED) is 0.738. The SMILES string of the molecule is CCNC(=O)[C@H](C)Sc1nnc(-c2ccncc2)n1CCOC. The number of methoxy groups -OCH3 is 1. The minimum Gasteiger partial charge on any atom is -0.383 e. The number of hydrogen-bond donors (Lipinski definition) is 1. The maximum absolute atomic E-state index is 11.9. The van der Waals surface area contributed by atoms with E-state index in [1.807, 2.05) is 30.5 Å². The molecule has 0 aromatic carbocycles. The Morgan fingerprint density at radius 3 is 2.78 bits per heavy atom. The number of carbonyl (C=O) groups is 1. The molecule has 0 bridgehead atoms. The molecule has 0 fully saturated rings. The number of nitrogens with zero attached hydrogens (tertiary/aromatic N) is 4. The van der Waals surface area contributed by atoms with Crippen LogP contribution in [0.25, 0.3) is 11.4 Å². The molecule has 0 spiro atoms. The predicted molar refractivity (Wildman–Crippen MR) is 89.1 cm³/mol. The van der Waals surface area contributed by atoms with Crippen LogP contribution in [0.1, 0.15) is 13.8 Å². The van der Waals surface area contributed by atoms with E-state index in [1.165, 1.54) is 11.8 Å². The van der Waals surface area contributed by atoms with Crippen LogP contribution in [-0.2, 0) is 16.1 Å². The summed E-state index contributed by atoms with van der Waals surface area (Å²) in [5, 5.41) is 11.8. The van der Waals surface area contributed by atoms with Crippen molar-refractivity contribution in [1.29, 1.82) is 0 Å². The van der Waals surface area contributed by atoms with Crippen molar-refractivity contribution in [2.24, 2.45) is 0 Å². The van der Waals surface area contributed by atoms with Gasteiger partial charge in [0.1, 0.15) is 0 Å². The smallest absolute Gasteiger partial charge is 0.233 e. The summed E-state index contributed by atoms with van der Waals surface area (Å²) in [5.74, 6) is 0.735. The fraction of sp³-hybridized carbons (Fsp3) is 0.467. The van der Waals surface area contributed by atoms with Gasteiger partial charge < -0.3 is 10.1 Å². The second kappa shape index (κ2) is 8.64. The first kappa shape index (κ1) is 17.4. The molecular formula is C15H21N5O2S. The normalized spacial score (nSPS) is 12.1. The summed E-state index contributed by atoms with van der Waals surface area (Å²) >= 11 is 1.39. The molecule has 1 amide bonds. The molecule has 0 aliphatic rings. The Morgan fingerprint density at radius 2 is 2.13 bits per heavy atom. The highest BCUT2D eigenvalue weighted by atomic mass is 32.2. The third-order valence-corrected chi connectivity index (χ3v) is 4.26. The van der Waals surface area contributed by atoms with E-state index in [2.05, 4.69) is 20.5 Å². The van der Waals surface area contributed by atoms with Crippen molar-refractivity contribution < 1.29 is 9.53 Å².